The van der Waals surface area contributed by atoms with E-state index in [9.17, 15) is 8.42 Å². The summed E-state index contributed by atoms with van der Waals surface area (Å²) in [6.07, 6.45) is 1.56. The summed E-state index contributed by atoms with van der Waals surface area (Å²) in [4.78, 5) is 0.242. The van der Waals surface area contributed by atoms with Crippen LogP contribution in [0.15, 0.2) is 35.4 Å². The summed E-state index contributed by atoms with van der Waals surface area (Å²) in [6, 6.07) is 7.76. The molecular formula is C14H19N3O2S. The van der Waals surface area contributed by atoms with Crippen LogP contribution in [0.4, 0.5) is 0 Å². The van der Waals surface area contributed by atoms with Gasteiger partial charge in [-0.2, -0.15) is 5.10 Å². The minimum absolute atomic E-state index is 0.242. The Balaban J connectivity index is 2.14. The zero-order valence-electron chi connectivity index (χ0n) is 11.9. The maximum absolute atomic E-state index is 12.3. The number of hydrogen-bond acceptors (Lipinski definition) is 3. The first kappa shape index (κ1) is 14.7. The highest BCUT2D eigenvalue weighted by molar-refractivity contribution is 7.89. The van der Waals surface area contributed by atoms with Gasteiger partial charge in [0.15, 0.2) is 0 Å². The second-order valence-electron chi connectivity index (χ2n) is 4.74. The van der Waals surface area contributed by atoms with Crippen LogP contribution in [-0.2, 0) is 23.1 Å². The number of nitrogens with zero attached hydrogens (tertiary/aromatic N) is 2. The second kappa shape index (κ2) is 5.76. The predicted octanol–water partition coefficient (Wildman–Crippen LogP) is 2.00. The molecule has 1 aromatic heterocycles. The van der Waals surface area contributed by atoms with E-state index in [-0.39, 0.29) is 11.4 Å². The van der Waals surface area contributed by atoms with Gasteiger partial charge in [0.1, 0.15) is 4.90 Å². The van der Waals surface area contributed by atoms with Crippen molar-refractivity contribution in [3.63, 3.8) is 0 Å². The Morgan fingerprint density at radius 2 is 1.85 bits per heavy atom. The first-order valence-corrected chi connectivity index (χ1v) is 8.00. The fourth-order valence-electron chi connectivity index (χ4n) is 1.89. The maximum Gasteiger partial charge on any atom is 0.244 e. The monoisotopic (exact) mass is 293 g/mol. The molecule has 0 bridgehead atoms. The van der Waals surface area contributed by atoms with Crippen LogP contribution >= 0.6 is 0 Å². The van der Waals surface area contributed by atoms with Crippen molar-refractivity contribution in [2.75, 3.05) is 0 Å². The van der Waals surface area contributed by atoms with Crippen LogP contribution in [0.25, 0.3) is 0 Å². The van der Waals surface area contributed by atoms with Crippen molar-refractivity contribution < 1.29 is 8.42 Å². The van der Waals surface area contributed by atoms with Crippen LogP contribution in [0.2, 0.25) is 0 Å². The molecule has 0 aliphatic heterocycles. The van der Waals surface area contributed by atoms with E-state index in [2.05, 4.69) is 9.82 Å². The van der Waals surface area contributed by atoms with Gasteiger partial charge < -0.3 is 0 Å². The van der Waals surface area contributed by atoms with E-state index in [1.54, 1.807) is 17.8 Å². The Bertz CT molecular complexity index is 688. The molecule has 6 heteroatoms. The zero-order chi connectivity index (χ0) is 14.8. The number of aromatic nitrogens is 2. The molecule has 0 aliphatic carbocycles. The summed E-state index contributed by atoms with van der Waals surface area (Å²) in [6.45, 7) is 6.54. The highest BCUT2D eigenvalue weighted by Gasteiger charge is 2.19. The van der Waals surface area contributed by atoms with Crippen molar-refractivity contribution in [1.29, 1.82) is 0 Å². The van der Waals surface area contributed by atoms with E-state index in [0.29, 0.717) is 12.2 Å². The number of aryl methyl sites for hydroxylation is 3. The quantitative estimate of drug-likeness (QED) is 0.917. The van der Waals surface area contributed by atoms with Crippen molar-refractivity contribution >= 4 is 10.0 Å². The van der Waals surface area contributed by atoms with Crippen LogP contribution < -0.4 is 4.72 Å². The van der Waals surface area contributed by atoms with Crippen molar-refractivity contribution in [1.82, 2.24) is 14.5 Å². The van der Waals surface area contributed by atoms with Crippen molar-refractivity contribution in [3.05, 3.63) is 47.3 Å². The molecule has 0 spiro atoms. The van der Waals surface area contributed by atoms with Gasteiger partial charge in [0.05, 0.1) is 5.69 Å². The van der Waals surface area contributed by atoms with Gasteiger partial charge in [0.25, 0.3) is 0 Å². The Morgan fingerprint density at radius 1 is 1.20 bits per heavy atom. The fourth-order valence-corrected chi connectivity index (χ4v) is 3.09. The molecule has 0 aliphatic rings. The van der Waals surface area contributed by atoms with Gasteiger partial charge in [-0.1, -0.05) is 29.8 Å². The first-order chi connectivity index (χ1) is 9.42. The smallest absolute Gasteiger partial charge is 0.244 e. The van der Waals surface area contributed by atoms with Crippen LogP contribution in [0.1, 0.15) is 23.7 Å². The third kappa shape index (κ3) is 3.26. The van der Waals surface area contributed by atoms with Gasteiger partial charge >= 0.3 is 0 Å². The molecule has 2 aromatic rings. The highest BCUT2D eigenvalue weighted by Crippen LogP contribution is 2.14. The predicted molar refractivity (Wildman–Crippen MR) is 77.8 cm³/mol. The molecule has 0 saturated heterocycles. The lowest BCUT2D eigenvalue weighted by Gasteiger charge is -2.06. The summed E-state index contributed by atoms with van der Waals surface area (Å²) in [5.41, 5.74) is 2.60. The molecule has 1 heterocycles. The lowest BCUT2D eigenvalue weighted by atomic mass is 10.2. The molecule has 0 atom stereocenters. The molecule has 108 valence electrons. The molecule has 2 rings (SSSR count). The Kier molecular flexibility index (Phi) is 4.25. The SMILES string of the molecule is CCn1cc(S(=O)(=O)NCc2ccc(C)cc2)c(C)n1. The van der Waals surface area contributed by atoms with E-state index in [1.165, 1.54) is 0 Å². The van der Waals surface area contributed by atoms with E-state index < -0.39 is 10.0 Å². The normalized spacial score (nSPS) is 11.8. The van der Waals surface area contributed by atoms with Gasteiger partial charge in [-0.3, -0.25) is 4.68 Å². The second-order valence-corrected chi connectivity index (χ2v) is 6.48. The highest BCUT2D eigenvalue weighted by atomic mass is 32.2. The average molecular weight is 293 g/mol. The van der Waals surface area contributed by atoms with Gasteiger partial charge in [-0.25, -0.2) is 13.1 Å². The molecule has 0 unspecified atom stereocenters. The molecule has 20 heavy (non-hydrogen) atoms. The van der Waals surface area contributed by atoms with E-state index >= 15 is 0 Å². The van der Waals surface area contributed by atoms with E-state index in [0.717, 1.165) is 11.1 Å². The van der Waals surface area contributed by atoms with E-state index in [4.69, 9.17) is 0 Å². The molecule has 0 amide bonds. The topological polar surface area (TPSA) is 64.0 Å². The summed E-state index contributed by atoms with van der Waals surface area (Å²) in [7, 11) is -3.52. The third-order valence-corrected chi connectivity index (χ3v) is 4.61. The van der Waals surface area contributed by atoms with Crippen LogP contribution in [0.5, 0.6) is 0 Å². The first-order valence-electron chi connectivity index (χ1n) is 6.51. The van der Waals surface area contributed by atoms with Crippen LogP contribution in [0, 0.1) is 13.8 Å². The van der Waals surface area contributed by atoms with Crippen LogP contribution in [0.3, 0.4) is 0 Å². The fraction of sp³-hybridized carbons (Fsp3) is 0.357. The molecule has 5 nitrogen and oxygen atoms in total. The summed E-state index contributed by atoms with van der Waals surface area (Å²) in [5.74, 6) is 0. The lowest BCUT2D eigenvalue weighted by molar-refractivity contribution is 0.580. The largest absolute Gasteiger partial charge is 0.271 e. The summed E-state index contributed by atoms with van der Waals surface area (Å²) >= 11 is 0. The van der Waals surface area contributed by atoms with Gasteiger partial charge in [-0.15, -0.1) is 0 Å². The average Bonchev–Trinajstić information content (AvgIpc) is 2.80. The Labute approximate surface area is 119 Å². The third-order valence-electron chi connectivity index (χ3n) is 3.10. The van der Waals surface area contributed by atoms with Gasteiger partial charge in [-0.05, 0) is 26.3 Å². The maximum atomic E-state index is 12.3. The minimum Gasteiger partial charge on any atom is -0.271 e. The van der Waals surface area contributed by atoms with Gasteiger partial charge in [0, 0.05) is 19.3 Å². The van der Waals surface area contributed by atoms with Crippen molar-refractivity contribution in [2.45, 2.75) is 38.8 Å². The summed E-state index contributed by atoms with van der Waals surface area (Å²) < 4.78 is 28.7. The molecule has 1 aromatic carbocycles. The minimum atomic E-state index is -3.52. The molecule has 0 fully saturated rings. The zero-order valence-corrected chi connectivity index (χ0v) is 12.7. The van der Waals surface area contributed by atoms with Gasteiger partial charge in [0.2, 0.25) is 10.0 Å². The van der Waals surface area contributed by atoms with Crippen molar-refractivity contribution in [2.24, 2.45) is 0 Å². The standard InChI is InChI=1S/C14H19N3O2S/c1-4-17-10-14(12(3)16-17)20(18,19)15-9-13-7-5-11(2)6-8-13/h5-8,10,15H,4,9H2,1-3H3. The Morgan fingerprint density at radius 3 is 2.40 bits per heavy atom. The number of sulfonamides is 1. The summed E-state index contributed by atoms with van der Waals surface area (Å²) in [5, 5.41) is 4.16. The number of benzene rings is 1. The Hall–Kier alpha value is -1.66. The molecule has 0 saturated carbocycles. The molecule has 0 radical (unpaired) electrons. The molecular weight excluding hydrogens is 274 g/mol. The number of rotatable bonds is 5. The van der Waals surface area contributed by atoms with E-state index in [1.807, 2.05) is 38.1 Å². The van der Waals surface area contributed by atoms with Crippen molar-refractivity contribution in [3.8, 4) is 0 Å². The number of hydrogen-bond donors (Lipinski definition) is 1. The van der Waals surface area contributed by atoms with Crippen LogP contribution in [-0.4, -0.2) is 18.2 Å². The molecule has 1 N–H and O–H groups in total. The number of nitrogens with one attached hydrogen (secondary N) is 1. The lowest BCUT2D eigenvalue weighted by Crippen LogP contribution is -2.23.